The summed E-state index contributed by atoms with van der Waals surface area (Å²) in [5.74, 6) is -0.688. The van der Waals surface area contributed by atoms with E-state index in [1.807, 2.05) is 0 Å². The summed E-state index contributed by atoms with van der Waals surface area (Å²) in [6.45, 7) is 4.53. The quantitative estimate of drug-likeness (QED) is 0.735. The Kier molecular flexibility index (Phi) is 6.52. The number of methoxy groups -OCH3 is 1. The van der Waals surface area contributed by atoms with Crippen molar-refractivity contribution in [3.63, 3.8) is 0 Å². The molecule has 0 saturated heterocycles. The van der Waals surface area contributed by atoms with Crippen LogP contribution in [-0.2, 0) is 27.3 Å². The molecule has 0 spiro atoms. The second-order valence-electron chi connectivity index (χ2n) is 4.13. The van der Waals surface area contributed by atoms with Crippen molar-refractivity contribution in [3.8, 4) is 0 Å². The van der Waals surface area contributed by atoms with Crippen molar-refractivity contribution in [1.82, 2.24) is 10.6 Å². The second-order valence-corrected chi connectivity index (χ2v) is 5.13. The summed E-state index contributed by atoms with van der Waals surface area (Å²) in [5, 5.41) is 7.80. The smallest absolute Gasteiger partial charge is 0.329 e. The Balaban J connectivity index is 2.48. The predicted molar refractivity (Wildman–Crippen MR) is 75.0 cm³/mol. The van der Waals surface area contributed by atoms with Crippen molar-refractivity contribution in [2.75, 3.05) is 13.7 Å². The zero-order valence-electron chi connectivity index (χ0n) is 11.5. The van der Waals surface area contributed by atoms with Gasteiger partial charge in [-0.05, 0) is 23.4 Å². The van der Waals surface area contributed by atoms with E-state index in [2.05, 4.69) is 33.7 Å². The highest BCUT2D eigenvalue weighted by molar-refractivity contribution is 7.10. The lowest BCUT2D eigenvalue weighted by molar-refractivity contribution is -0.144. The molecular weight excluding hydrogens is 264 g/mol. The van der Waals surface area contributed by atoms with Crippen LogP contribution in [0.3, 0.4) is 0 Å². The van der Waals surface area contributed by atoms with Gasteiger partial charge in [0.05, 0.1) is 7.11 Å². The molecule has 106 valence electrons. The maximum Gasteiger partial charge on any atom is 0.329 e. The maximum atomic E-state index is 11.5. The molecule has 0 aliphatic heterocycles. The van der Waals surface area contributed by atoms with E-state index in [-0.39, 0.29) is 5.91 Å². The molecule has 1 heterocycles. The molecule has 0 saturated carbocycles. The first-order chi connectivity index (χ1) is 9.08. The summed E-state index contributed by atoms with van der Waals surface area (Å²) in [5.41, 5.74) is 1.31. The lowest BCUT2D eigenvalue weighted by Crippen LogP contribution is -2.46. The van der Waals surface area contributed by atoms with Gasteiger partial charge in [0, 0.05) is 24.9 Å². The minimum Gasteiger partial charge on any atom is -0.467 e. The normalized spacial score (nSPS) is 11.9. The van der Waals surface area contributed by atoms with Crippen LogP contribution in [0.1, 0.15) is 24.3 Å². The Labute approximate surface area is 117 Å². The number of thiophene rings is 1. The molecular formula is C13H20N2O3S. The molecule has 0 aliphatic carbocycles. The first kappa shape index (κ1) is 15.7. The molecule has 1 unspecified atom stereocenters. The third-order valence-electron chi connectivity index (χ3n) is 2.72. The van der Waals surface area contributed by atoms with Crippen LogP contribution in [0.5, 0.6) is 0 Å². The maximum absolute atomic E-state index is 11.5. The van der Waals surface area contributed by atoms with E-state index in [4.69, 9.17) is 0 Å². The van der Waals surface area contributed by atoms with Crippen molar-refractivity contribution in [3.05, 3.63) is 21.9 Å². The number of carbonyl (C=O) groups excluding carboxylic acids is 2. The van der Waals surface area contributed by atoms with Crippen molar-refractivity contribution in [1.29, 1.82) is 0 Å². The number of hydrogen-bond donors (Lipinski definition) is 2. The highest BCUT2D eigenvalue weighted by Gasteiger charge is 2.19. The predicted octanol–water partition coefficient (Wildman–Crippen LogP) is 1.08. The molecule has 0 aliphatic rings. The molecule has 1 amide bonds. The topological polar surface area (TPSA) is 67.4 Å². The molecule has 5 nitrogen and oxygen atoms in total. The van der Waals surface area contributed by atoms with Crippen LogP contribution < -0.4 is 10.6 Å². The highest BCUT2D eigenvalue weighted by atomic mass is 32.1. The van der Waals surface area contributed by atoms with Gasteiger partial charge >= 0.3 is 5.97 Å². The number of rotatable bonds is 7. The lowest BCUT2D eigenvalue weighted by Gasteiger charge is -2.16. The largest absolute Gasteiger partial charge is 0.467 e. The molecule has 1 aromatic rings. The van der Waals surface area contributed by atoms with E-state index >= 15 is 0 Å². The number of amides is 1. The zero-order valence-corrected chi connectivity index (χ0v) is 12.3. The standard InChI is InChI=1S/C13H20N2O3S/c1-4-10-5-6-19-12(10)8-14-7-11(13(17)18-3)15-9(2)16/h5-6,11,14H,4,7-8H2,1-3H3,(H,15,16). The first-order valence-corrected chi connectivity index (χ1v) is 7.07. The number of ether oxygens (including phenoxy) is 1. The van der Waals surface area contributed by atoms with E-state index < -0.39 is 12.0 Å². The third-order valence-corrected chi connectivity index (χ3v) is 3.68. The van der Waals surface area contributed by atoms with Crippen LogP contribution in [0.4, 0.5) is 0 Å². The Morgan fingerprint density at radius 3 is 2.79 bits per heavy atom. The van der Waals surface area contributed by atoms with Crippen LogP contribution in [0.15, 0.2) is 11.4 Å². The summed E-state index contributed by atoms with van der Waals surface area (Å²) >= 11 is 1.69. The number of esters is 1. The van der Waals surface area contributed by atoms with Gasteiger partial charge in [-0.15, -0.1) is 11.3 Å². The Hall–Kier alpha value is -1.40. The van der Waals surface area contributed by atoms with E-state index in [1.165, 1.54) is 24.5 Å². The van der Waals surface area contributed by atoms with Crippen LogP contribution in [-0.4, -0.2) is 31.6 Å². The molecule has 1 aromatic heterocycles. The third kappa shape index (κ3) is 5.00. The molecule has 1 rings (SSSR count). The van der Waals surface area contributed by atoms with Crippen molar-refractivity contribution < 1.29 is 14.3 Å². The fourth-order valence-electron chi connectivity index (χ4n) is 1.75. The second kappa shape index (κ2) is 7.91. The van der Waals surface area contributed by atoms with E-state index in [0.717, 1.165) is 6.42 Å². The molecule has 1 atom stereocenters. The zero-order chi connectivity index (χ0) is 14.3. The van der Waals surface area contributed by atoms with Gasteiger partial charge in [0.1, 0.15) is 6.04 Å². The fraction of sp³-hybridized carbons (Fsp3) is 0.538. The molecule has 2 N–H and O–H groups in total. The molecule has 0 bridgehead atoms. The van der Waals surface area contributed by atoms with Gasteiger partial charge in [0.25, 0.3) is 0 Å². The van der Waals surface area contributed by atoms with Crippen molar-refractivity contribution in [2.24, 2.45) is 0 Å². The Bertz CT molecular complexity index is 431. The van der Waals surface area contributed by atoms with E-state index in [9.17, 15) is 9.59 Å². The molecule has 0 radical (unpaired) electrons. The lowest BCUT2D eigenvalue weighted by atomic mass is 10.2. The Morgan fingerprint density at radius 1 is 1.47 bits per heavy atom. The fourth-order valence-corrected chi connectivity index (χ4v) is 2.69. The van der Waals surface area contributed by atoms with Crippen LogP contribution in [0.2, 0.25) is 0 Å². The number of carbonyl (C=O) groups is 2. The summed E-state index contributed by atoms with van der Waals surface area (Å²) in [6.07, 6.45) is 0.993. The molecule has 0 fully saturated rings. The minimum atomic E-state index is -0.646. The summed E-state index contributed by atoms with van der Waals surface area (Å²) in [4.78, 5) is 23.8. The summed E-state index contributed by atoms with van der Waals surface area (Å²) in [6, 6.07) is 1.46. The number of hydrogen-bond acceptors (Lipinski definition) is 5. The van der Waals surface area contributed by atoms with Gasteiger partial charge in [-0.25, -0.2) is 4.79 Å². The molecule has 6 heteroatoms. The number of nitrogens with one attached hydrogen (secondary N) is 2. The van der Waals surface area contributed by atoms with Gasteiger partial charge in [0.15, 0.2) is 0 Å². The average molecular weight is 284 g/mol. The van der Waals surface area contributed by atoms with Crippen molar-refractivity contribution in [2.45, 2.75) is 32.9 Å². The first-order valence-electron chi connectivity index (χ1n) is 6.19. The van der Waals surface area contributed by atoms with E-state index in [1.54, 1.807) is 11.3 Å². The van der Waals surface area contributed by atoms with Gasteiger partial charge < -0.3 is 15.4 Å². The Morgan fingerprint density at radius 2 is 2.21 bits per heavy atom. The summed E-state index contributed by atoms with van der Waals surface area (Å²) < 4.78 is 4.65. The summed E-state index contributed by atoms with van der Waals surface area (Å²) in [7, 11) is 1.31. The minimum absolute atomic E-state index is 0.248. The van der Waals surface area contributed by atoms with Gasteiger partial charge in [0.2, 0.25) is 5.91 Å². The molecule has 19 heavy (non-hydrogen) atoms. The molecule has 0 aromatic carbocycles. The van der Waals surface area contributed by atoms with Gasteiger partial charge in [-0.2, -0.15) is 0 Å². The van der Waals surface area contributed by atoms with Gasteiger partial charge in [-0.3, -0.25) is 4.79 Å². The number of aryl methyl sites for hydroxylation is 1. The highest BCUT2D eigenvalue weighted by Crippen LogP contribution is 2.16. The van der Waals surface area contributed by atoms with E-state index in [0.29, 0.717) is 13.1 Å². The van der Waals surface area contributed by atoms with Crippen molar-refractivity contribution >= 4 is 23.2 Å². The SMILES string of the molecule is CCc1ccsc1CNCC(NC(C)=O)C(=O)OC. The van der Waals surface area contributed by atoms with Crippen LogP contribution in [0.25, 0.3) is 0 Å². The average Bonchev–Trinajstić information content (AvgIpc) is 2.83. The van der Waals surface area contributed by atoms with Crippen LogP contribution in [0, 0.1) is 0 Å². The monoisotopic (exact) mass is 284 g/mol. The van der Waals surface area contributed by atoms with Crippen LogP contribution >= 0.6 is 11.3 Å². The van der Waals surface area contributed by atoms with Gasteiger partial charge in [-0.1, -0.05) is 6.92 Å².